The number of esters is 1. The van der Waals surface area contributed by atoms with Gasteiger partial charge in [0.05, 0.1) is 18.4 Å². The Morgan fingerprint density at radius 2 is 1.75 bits per heavy atom. The molecule has 1 aromatic rings. The van der Waals surface area contributed by atoms with Gasteiger partial charge in [0.2, 0.25) is 10.0 Å². The van der Waals surface area contributed by atoms with Crippen LogP contribution < -0.4 is 4.72 Å². The molecule has 0 amide bonds. The monoisotopic (exact) mass is 299 g/mol. The van der Waals surface area contributed by atoms with E-state index in [4.69, 9.17) is 0 Å². The van der Waals surface area contributed by atoms with Crippen molar-refractivity contribution < 1.29 is 17.9 Å². The maximum Gasteiger partial charge on any atom is 0.309 e. The lowest BCUT2D eigenvalue weighted by atomic mass is 9.98. The number of carbonyl (C=O) groups is 1. The molecule has 0 radical (unpaired) electrons. The number of rotatable bonds is 5. The maximum atomic E-state index is 12.1. The normalized spacial score (nSPS) is 12.2. The van der Waals surface area contributed by atoms with E-state index >= 15 is 0 Å². The molecule has 0 bridgehead atoms. The minimum Gasteiger partial charge on any atom is -0.469 e. The molecule has 112 valence electrons. The Hall–Kier alpha value is -1.40. The van der Waals surface area contributed by atoms with Gasteiger partial charge in [-0.05, 0) is 23.1 Å². The maximum absolute atomic E-state index is 12.1. The average molecular weight is 299 g/mol. The Bertz CT molecular complexity index is 556. The second-order valence-electron chi connectivity index (χ2n) is 5.78. The topological polar surface area (TPSA) is 72.5 Å². The Labute approximate surface area is 120 Å². The number of benzene rings is 1. The zero-order valence-corrected chi connectivity index (χ0v) is 13.1. The molecule has 1 rings (SSSR count). The van der Waals surface area contributed by atoms with Gasteiger partial charge < -0.3 is 4.74 Å². The largest absolute Gasteiger partial charge is 0.469 e. The molecular formula is C14H21NO4S. The molecule has 5 nitrogen and oxygen atoms in total. The minimum atomic E-state index is -3.51. The fourth-order valence-electron chi connectivity index (χ4n) is 1.42. The van der Waals surface area contributed by atoms with E-state index < -0.39 is 10.0 Å². The highest BCUT2D eigenvalue weighted by Gasteiger charge is 2.18. The highest BCUT2D eigenvalue weighted by atomic mass is 32.2. The number of carbonyl (C=O) groups excluding carboxylic acids is 1. The van der Waals surface area contributed by atoms with E-state index in [0.29, 0.717) is 12.1 Å². The Balaban J connectivity index is 2.79. The van der Waals surface area contributed by atoms with E-state index in [0.717, 1.165) is 0 Å². The Kier molecular flexibility index (Phi) is 5.30. The molecule has 0 aliphatic heterocycles. The standard InChI is InChI=1S/C14H21NO4S/c1-14(2,3)10-15-20(17,18)12-7-5-11(6-8-12)9-13(16)19-4/h5-8,15H,9-10H2,1-4H3. The van der Waals surface area contributed by atoms with Gasteiger partial charge in [0, 0.05) is 6.54 Å². The molecule has 20 heavy (non-hydrogen) atoms. The van der Waals surface area contributed by atoms with Crippen LogP contribution in [0.15, 0.2) is 29.2 Å². The fourth-order valence-corrected chi connectivity index (χ4v) is 2.70. The van der Waals surface area contributed by atoms with Crippen LogP contribution >= 0.6 is 0 Å². The van der Waals surface area contributed by atoms with Crippen molar-refractivity contribution in [1.82, 2.24) is 4.72 Å². The highest BCUT2D eigenvalue weighted by molar-refractivity contribution is 7.89. The summed E-state index contributed by atoms with van der Waals surface area (Å²) in [4.78, 5) is 11.3. The molecule has 6 heteroatoms. The van der Waals surface area contributed by atoms with Crippen molar-refractivity contribution in [3.8, 4) is 0 Å². The van der Waals surface area contributed by atoms with Crippen molar-refractivity contribution in [2.45, 2.75) is 32.1 Å². The van der Waals surface area contributed by atoms with Crippen molar-refractivity contribution in [2.24, 2.45) is 5.41 Å². The first-order valence-corrected chi connectivity index (χ1v) is 7.78. The van der Waals surface area contributed by atoms with Crippen LogP contribution in [-0.2, 0) is 26.0 Å². The molecule has 0 aliphatic carbocycles. The molecule has 0 spiro atoms. The molecule has 1 aromatic carbocycles. The van der Waals surface area contributed by atoms with Crippen molar-refractivity contribution in [3.05, 3.63) is 29.8 Å². The lowest BCUT2D eigenvalue weighted by molar-refractivity contribution is -0.139. The van der Waals surface area contributed by atoms with Crippen molar-refractivity contribution >= 4 is 16.0 Å². The summed E-state index contributed by atoms with van der Waals surface area (Å²) in [5.74, 6) is -0.355. The number of sulfonamides is 1. The summed E-state index contributed by atoms with van der Waals surface area (Å²) in [6.45, 7) is 6.22. The Morgan fingerprint density at radius 3 is 2.20 bits per heavy atom. The van der Waals surface area contributed by atoms with Crippen LogP contribution in [0.25, 0.3) is 0 Å². The molecule has 0 saturated carbocycles. The fraction of sp³-hybridized carbons (Fsp3) is 0.500. The summed E-state index contributed by atoms with van der Waals surface area (Å²) in [6.07, 6.45) is 0.131. The highest BCUT2D eigenvalue weighted by Crippen LogP contribution is 2.15. The summed E-state index contributed by atoms with van der Waals surface area (Å²) in [7, 11) is -2.19. The van der Waals surface area contributed by atoms with Crippen LogP contribution in [0.5, 0.6) is 0 Å². The van der Waals surface area contributed by atoms with Gasteiger partial charge in [-0.25, -0.2) is 13.1 Å². The number of hydrogen-bond donors (Lipinski definition) is 1. The number of nitrogens with one attached hydrogen (secondary N) is 1. The smallest absolute Gasteiger partial charge is 0.309 e. The van der Waals surface area contributed by atoms with Crippen LogP contribution in [0, 0.1) is 5.41 Å². The SMILES string of the molecule is COC(=O)Cc1ccc(S(=O)(=O)NCC(C)(C)C)cc1. The molecule has 0 aliphatic rings. The van der Waals surface area contributed by atoms with Crippen LogP contribution in [0.2, 0.25) is 0 Å². The van der Waals surface area contributed by atoms with Gasteiger partial charge in [0.15, 0.2) is 0 Å². The molecular weight excluding hydrogens is 278 g/mol. The quantitative estimate of drug-likeness (QED) is 0.840. The third-order valence-corrected chi connectivity index (χ3v) is 4.02. The molecule has 0 heterocycles. The van der Waals surface area contributed by atoms with E-state index in [9.17, 15) is 13.2 Å². The minimum absolute atomic E-state index is 0.127. The van der Waals surface area contributed by atoms with Crippen molar-refractivity contribution in [3.63, 3.8) is 0 Å². The van der Waals surface area contributed by atoms with Crippen LogP contribution in [0.3, 0.4) is 0 Å². The summed E-state index contributed by atoms with van der Waals surface area (Å²) in [5.41, 5.74) is 0.587. The van der Waals surface area contributed by atoms with E-state index in [-0.39, 0.29) is 22.7 Å². The molecule has 0 unspecified atom stereocenters. The van der Waals surface area contributed by atoms with Crippen LogP contribution in [0.1, 0.15) is 26.3 Å². The van der Waals surface area contributed by atoms with Crippen molar-refractivity contribution in [2.75, 3.05) is 13.7 Å². The predicted molar refractivity (Wildman–Crippen MR) is 76.8 cm³/mol. The molecule has 0 aromatic heterocycles. The summed E-state index contributed by atoms with van der Waals surface area (Å²) in [5, 5.41) is 0. The van der Waals surface area contributed by atoms with Gasteiger partial charge >= 0.3 is 5.97 Å². The second-order valence-corrected chi connectivity index (χ2v) is 7.55. The first-order valence-electron chi connectivity index (χ1n) is 6.29. The van der Waals surface area contributed by atoms with Crippen molar-refractivity contribution in [1.29, 1.82) is 0 Å². The van der Waals surface area contributed by atoms with Crippen LogP contribution in [-0.4, -0.2) is 28.0 Å². The van der Waals surface area contributed by atoms with Gasteiger partial charge in [-0.2, -0.15) is 0 Å². The van der Waals surface area contributed by atoms with Gasteiger partial charge in [-0.15, -0.1) is 0 Å². The number of methoxy groups -OCH3 is 1. The third kappa shape index (κ3) is 5.30. The third-order valence-electron chi connectivity index (χ3n) is 2.60. The first kappa shape index (κ1) is 16.7. The molecule has 1 N–H and O–H groups in total. The van der Waals surface area contributed by atoms with E-state index in [1.165, 1.54) is 19.2 Å². The van der Waals surface area contributed by atoms with E-state index in [1.807, 2.05) is 20.8 Å². The predicted octanol–water partition coefficient (Wildman–Crippen LogP) is 1.73. The first-order chi connectivity index (χ1) is 9.14. The zero-order valence-electron chi connectivity index (χ0n) is 12.3. The molecule has 0 saturated heterocycles. The van der Waals surface area contributed by atoms with E-state index in [1.54, 1.807) is 12.1 Å². The van der Waals surface area contributed by atoms with Gasteiger partial charge in [-0.3, -0.25) is 4.79 Å². The lowest BCUT2D eigenvalue weighted by Gasteiger charge is -2.18. The van der Waals surface area contributed by atoms with E-state index in [2.05, 4.69) is 9.46 Å². The average Bonchev–Trinajstić information content (AvgIpc) is 2.36. The van der Waals surface area contributed by atoms with Gasteiger partial charge in [-0.1, -0.05) is 32.9 Å². The van der Waals surface area contributed by atoms with Crippen LogP contribution in [0.4, 0.5) is 0 Å². The van der Waals surface area contributed by atoms with Gasteiger partial charge in [0.1, 0.15) is 0 Å². The number of hydrogen-bond acceptors (Lipinski definition) is 4. The zero-order chi connectivity index (χ0) is 15.4. The second kappa shape index (κ2) is 6.37. The summed E-state index contributed by atoms with van der Waals surface area (Å²) >= 11 is 0. The molecule has 0 atom stereocenters. The Morgan fingerprint density at radius 1 is 1.20 bits per heavy atom. The number of ether oxygens (including phenoxy) is 1. The summed E-state index contributed by atoms with van der Waals surface area (Å²) < 4.78 is 31.3. The summed E-state index contributed by atoms with van der Waals surface area (Å²) in [6, 6.07) is 6.21. The van der Waals surface area contributed by atoms with Gasteiger partial charge in [0.25, 0.3) is 0 Å². The molecule has 0 fully saturated rings. The lowest BCUT2D eigenvalue weighted by Crippen LogP contribution is -2.32.